The van der Waals surface area contributed by atoms with E-state index in [4.69, 9.17) is 9.72 Å². The number of carbonyl (C=O) groups is 2. The molecule has 1 aliphatic carbocycles. The first-order valence-corrected chi connectivity index (χ1v) is 15.0. The molecule has 1 amide bonds. The lowest BCUT2D eigenvalue weighted by Crippen LogP contribution is -2.24. The van der Waals surface area contributed by atoms with Crippen LogP contribution in [0.25, 0.3) is 11.3 Å². The van der Waals surface area contributed by atoms with E-state index in [1.807, 2.05) is 36.0 Å². The first-order chi connectivity index (χ1) is 20.1. The van der Waals surface area contributed by atoms with Crippen molar-refractivity contribution in [2.45, 2.75) is 71.4 Å². The van der Waals surface area contributed by atoms with Gasteiger partial charge in [0.25, 0.3) is 5.91 Å². The second-order valence-electron chi connectivity index (χ2n) is 11.7. The number of ether oxygens (including phenoxy) is 1. The Morgan fingerprint density at radius 1 is 1.10 bits per heavy atom. The van der Waals surface area contributed by atoms with Crippen LogP contribution >= 0.6 is 11.3 Å². The number of aryl methyl sites for hydroxylation is 1. The van der Waals surface area contributed by atoms with Crippen LogP contribution in [0.1, 0.15) is 78.3 Å². The zero-order valence-corrected chi connectivity index (χ0v) is 25.5. The van der Waals surface area contributed by atoms with Crippen molar-refractivity contribution in [2.24, 2.45) is 5.92 Å². The number of nitrogens with zero attached hydrogens (tertiary/aromatic N) is 5. The summed E-state index contributed by atoms with van der Waals surface area (Å²) in [4.78, 5) is 38.7. The molecule has 1 aromatic carbocycles. The van der Waals surface area contributed by atoms with Crippen LogP contribution in [0.15, 0.2) is 49.1 Å². The SMILES string of the molecule is COC(=O)C1CCC(n2cc(Nc3nccc(-c4ccc(CNC(=O)c5cnc(C(C)(C)C)s5)c(C)c4)n3)cn2)CC1. The van der Waals surface area contributed by atoms with Crippen molar-refractivity contribution in [1.82, 2.24) is 30.0 Å². The Morgan fingerprint density at radius 2 is 1.88 bits per heavy atom. The summed E-state index contributed by atoms with van der Waals surface area (Å²) in [6.45, 7) is 8.73. The zero-order valence-electron chi connectivity index (χ0n) is 24.7. The number of aromatic nitrogens is 5. The third kappa shape index (κ3) is 6.84. The number of methoxy groups -OCH3 is 1. The lowest BCUT2D eigenvalue weighted by atomic mass is 9.86. The van der Waals surface area contributed by atoms with Crippen LogP contribution in [0.2, 0.25) is 0 Å². The summed E-state index contributed by atoms with van der Waals surface area (Å²) in [5.41, 5.74) is 4.57. The summed E-state index contributed by atoms with van der Waals surface area (Å²) in [5, 5.41) is 11.8. The number of carbonyl (C=O) groups excluding carboxylic acids is 2. The third-order valence-electron chi connectivity index (χ3n) is 7.57. The predicted octanol–water partition coefficient (Wildman–Crippen LogP) is 5.98. The van der Waals surface area contributed by atoms with Crippen molar-refractivity contribution in [2.75, 3.05) is 12.4 Å². The van der Waals surface area contributed by atoms with Gasteiger partial charge in [-0.05, 0) is 55.9 Å². The molecule has 1 saturated carbocycles. The minimum absolute atomic E-state index is 0.0160. The van der Waals surface area contributed by atoms with E-state index >= 15 is 0 Å². The van der Waals surface area contributed by atoms with E-state index in [0.717, 1.165) is 58.8 Å². The van der Waals surface area contributed by atoms with Crippen LogP contribution < -0.4 is 10.6 Å². The molecule has 5 rings (SSSR count). The van der Waals surface area contributed by atoms with Crippen molar-refractivity contribution in [3.05, 3.63) is 70.1 Å². The van der Waals surface area contributed by atoms with Gasteiger partial charge in [0.1, 0.15) is 4.88 Å². The van der Waals surface area contributed by atoms with Crippen LogP contribution in [0, 0.1) is 12.8 Å². The fourth-order valence-electron chi connectivity index (χ4n) is 5.10. The van der Waals surface area contributed by atoms with E-state index in [1.165, 1.54) is 18.4 Å². The van der Waals surface area contributed by atoms with Gasteiger partial charge >= 0.3 is 5.97 Å². The van der Waals surface area contributed by atoms with Gasteiger partial charge in [-0.15, -0.1) is 11.3 Å². The first-order valence-electron chi connectivity index (χ1n) is 14.2. The molecular weight excluding hydrogens is 550 g/mol. The maximum absolute atomic E-state index is 12.7. The molecule has 11 heteroatoms. The lowest BCUT2D eigenvalue weighted by Gasteiger charge is -2.26. The molecule has 220 valence electrons. The number of nitrogens with one attached hydrogen (secondary N) is 2. The standard InChI is InChI=1S/C31H37N7O3S/c1-19-14-21(6-7-22(19)15-33-27(39)26-17-34-29(42-26)31(2,3)4)25-12-13-32-30(37-25)36-23-16-35-38(18-23)24-10-8-20(9-11-24)28(40)41-5/h6-7,12-14,16-18,20,24H,8-11,15H2,1-5H3,(H,33,39)(H,32,36,37). The molecule has 1 fully saturated rings. The molecule has 10 nitrogen and oxygen atoms in total. The maximum atomic E-state index is 12.7. The quantitative estimate of drug-likeness (QED) is 0.241. The molecule has 2 N–H and O–H groups in total. The van der Waals surface area contributed by atoms with Crippen molar-refractivity contribution >= 4 is 34.8 Å². The van der Waals surface area contributed by atoms with Crippen molar-refractivity contribution < 1.29 is 14.3 Å². The molecule has 0 saturated heterocycles. The molecule has 1 aliphatic rings. The summed E-state index contributed by atoms with van der Waals surface area (Å²) >= 11 is 1.44. The highest BCUT2D eigenvalue weighted by molar-refractivity contribution is 7.13. The number of hydrogen-bond donors (Lipinski definition) is 2. The van der Waals surface area contributed by atoms with Gasteiger partial charge in [0, 0.05) is 29.9 Å². The molecular formula is C31H37N7O3S. The molecule has 3 heterocycles. The van der Waals surface area contributed by atoms with Crippen LogP contribution in [0.4, 0.5) is 11.6 Å². The summed E-state index contributed by atoms with van der Waals surface area (Å²) in [7, 11) is 1.45. The summed E-state index contributed by atoms with van der Waals surface area (Å²) < 4.78 is 6.85. The van der Waals surface area contributed by atoms with Gasteiger partial charge in [0.2, 0.25) is 5.95 Å². The number of anilines is 2. The van der Waals surface area contributed by atoms with Crippen LogP contribution in [-0.2, 0) is 21.5 Å². The number of benzene rings is 1. The van der Waals surface area contributed by atoms with Gasteiger partial charge in [-0.1, -0.05) is 32.9 Å². The van der Waals surface area contributed by atoms with Gasteiger partial charge in [0.05, 0.1) is 47.9 Å². The zero-order chi connectivity index (χ0) is 29.9. The fraction of sp³-hybridized carbons (Fsp3) is 0.419. The fourth-order valence-corrected chi connectivity index (χ4v) is 5.99. The maximum Gasteiger partial charge on any atom is 0.308 e. The topological polar surface area (TPSA) is 124 Å². The molecule has 42 heavy (non-hydrogen) atoms. The van der Waals surface area contributed by atoms with E-state index in [9.17, 15) is 9.59 Å². The van der Waals surface area contributed by atoms with E-state index in [0.29, 0.717) is 17.4 Å². The number of esters is 1. The molecule has 0 spiro atoms. The Labute approximate surface area is 250 Å². The second-order valence-corrected chi connectivity index (χ2v) is 12.8. The number of amides is 1. The van der Waals surface area contributed by atoms with Gasteiger partial charge in [0.15, 0.2) is 0 Å². The molecule has 4 aromatic rings. The lowest BCUT2D eigenvalue weighted by molar-refractivity contribution is -0.146. The summed E-state index contributed by atoms with van der Waals surface area (Å²) in [6.07, 6.45) is 10.5. The van der Waals surface area contributed by atoms with Crippen LogP contribution in [0.5, 0.6) is 0 Å². The Morgan fingerprint density at radius 3 is 2.57 bits per heavy atom. The molecule has 0 aliphatic heterocycles. The highest BCUT2D eigenvalue weighted by atomic mass is 32.1. The van der Waals surface area contributed by atoms with E-state index in [1.54, 1.807) is 18.6 Å². The molecule has 0 bridgehead atoms. The Kier molecular flexibility index (Phi) is 8.67. The predicted molar refractivity (Wildman–Crippen MR) is 163 cm³/mol. The van der Waals surface area contributed by atoms with E-state index in [2.05, 4.69) is 52.5 Å². The highest BCUT2D eigenvalue weighted by Crippen LogP contribution is 2.33. The Bertz CT molecular complexity index is 1560. The van der Waals surface area contributed by atoms with Gasteiger partial charge < -0.3 is 15.4 Å². The smallest absolute Gasteiger partial charge is 0.308 e. The van der Waals surface area contributed by atoms with Gasteiger partial charge in [-0.2, -0.15) is 5.10 Å². The third-order valence-corrected chi connectivity index (χ3v) is 8.99. The molecule has 0 unspecified atom stereocenters. The highest BCUT2D eigenvalue weighted by Gasteiger charge is 2.28. The normalized spacial score (nSPS) is 17.1. The first kappa shape index (κ1) is 29.4. The van der Waals surface area contributed by atoms with Crippen LogP contribution in [-0.4, -0.2) is 43.7 Å². The average Bonchev–Trinajstić information content (AvgIpc) is 3.67. The van der Waals surface area contributed by atoms with Crippen molar-refractivity contribution in [1.29, 1.82) is 0 Å². The average molecular weight is 588 g/mol. The van der Waals surface area contributed by atoms with Gasteiger partial charge in [-0.3, -0.25) is 14.3 Å². The van der Waals surface area contributed by atoms with E-state index in [-0.39, 0.29) is 29.3 Å². The largest absolute Gasteiger partial charge is 0.469 e. The Balaban J connectivity index is 1.19. The van der Waals surface area contributed by atoms with Crippen molar-refractivity contribution in [3.8, 4) is 11.3 Å². The second kappa shape index (κ2) is 12.4. The molecule has 3 aromatic heterocycles. The minimum atomic E-state index is -0.119. The molecule has 0 radical (unpaired) electrons. The summed E-state index contributed by atoms with van der Waals surface area (Å²) in [6, 6.07) is 8.23. The Hall–Kier alpha value is -4.12. The number of hydrogen-bond acceptors (Lipinski definition) is 9. The number of rotatable bonds is 8. The molecule has 0 atom stereocenters. The van der Waals surface area contributed by atoms with E-state index < -0.39 is 0 Å². The van der Waals surface area contributed by atoms with Crippen LogP contribution in [0.3, 0.4) is 0 Å². The van der Waals surface area contributed by atoms with Gasteiger partial charge in [-0.25, -0.2) is 15.0 Å². The summed E-state index contributed by atoms with van der Waals surface area (Å²) in [5.74, 6) is 0.231. The monoisotopic (exact) mass is 587 g/mol. The van der Waals surface area contributed by atoms with Crippen molar-refractivity contribution in [3.63, 3.8) is 0 Å². The number of thiazole rings is 1. The minimum Gasteiger partial charge on any atom is -0.469 e.